The molecule has 0 aliphatic rings. The number of rotatable bonds is 2. The fourth-order valence-electron chi connectivity index (χ4n) is 1.48. The Labute approximate surface area is 117 Å². The van der Waals surface area contributed by atoms with E-state index in [1.807, 2.05) is 24.3 Å². The van der Waals surface area contributed by atoms with Crippen molar-refractivity contribution in [3.8, 4) is 0 Å². The van der Waals surface area contributed by atoms with Gasteiger partial charge in [-0.2, -0.15) is 4.98 Å². The molecule has 0 saturated heterocycles. The molecule has 0 spiro atoms. The molecular weight excluding hydrogens is 288 g/mol. The van der Waals surface area contributed by atoms with E-state index >= 15 is 0 Å². The van der Waals surface area contributed by atoms with Crippen molar-refractivity contribution in [3.05, 3.63) is 39.4 Å². The molecule has 0 atom stereocenters. The number of benzene rings is 1. The first-order valence-corrected chi connectivity index (χ1v) is 6.69. The van der Waals surface area contributed by atoms with E-state index in [0.717, 1.165) is 16.0 Å². The molecule has 2 aromatic heterocycles. The number of nitrogens with one attached hydrogen (secondary N) is 2. The van der Waals surface area contributed by atoms with Gasteiger partial charge in [0.15, 0.2) is 3.95 Å². The minimum Gasteiger partial charge on any atom is -0.334 e. The number of hydrogen-bond acceptors (Lipinski definition) is 5. The summed E-state index contributed by atoms with van der Waals surface area (Å²) in [5.41, 5.74) is 1.74. The zero-order valence-electron chi connectivity index (χ0n) is 8.98. The van der Waals surface area contributed by atoms with Crippen LogP contribution in [0.3, 0.4) is 0 Å². The zero-order chi connectivity index (χ0) is 12.5. The first-order valence-electron chi connectivity index (χ1n) is 5.09. The van der Waals surface area contributed by atoms with Crippen molar-refractivity contribution in [2.75, 3.05) is 5.32 Å². The van der Waals surface area contributed by atoms with Crippen molar-refractivity contribution >= 4 is 57.1 Å². The molecule has 0 aliphatic heterocycles. The van der Waals surface area contributed by atoms with E-state index in [9.17, 15) is 0 Å². The molecule has 90 valence electrons. The molecule has 0 radical (unpaired) electrons. The molecule has 18 heavy (non-hydrogen) atoms. The standard InChI is InChI=1S/C11H7ClN4S2/c12-6-1-3-7(4-2-6)14-10-13-5-8-9(16-10)18-11(17)15-8/h1-5H,(H,15,17)(H,13,14,16). The number of thiazole rings is 1. The van der Waals surface area contributed by atoms with Crippen molar-refractivity contribution in [1.82, 2.24) is 15.0 Å². The normalized spacial score (nSPS) is 10.7. The second kappa shape index (κ2) is 4.64. The van der Waals surface area contributed by atoms with Gasteiger partial charge in [0.2, 0.25) is 5.95 Å². The summed E-state index contributed by atoms with van der Waals surface area (Å²) >= 11 is 12.3. The highest BCUT2D eigenvalue weighted by Gasteiger charge is 2.02. The third-order valence-electron chi connectivity index (χ3n) is 2.28. The maximum Gasteiger partial charge on any atom is 0.228 e. The number of halogens is 1. The first kappa shape index (κ1) is 11.6. The van der Waals surface area contributed by atoms with E-state index in [4.69, 9.17) is 23.8 Å². The lowest BCUT2D eigenvalue weighted by Crippen LogP contribution is -1.95. The molecular formula is C11H7ClN4S2. The monoisotopic (exact) mass is 294 g/mol. The number of nitrogens with zero attached hydrogens (tertiary/aromatic N) is 2. The molecule has 2 heterocycles. The van der Waals surface area contributed by atoms with E-state index in [-0.39, 0.29) is 0 Å². The van der Waals surface area contributed by atoms with Gasteiger partial charge in [0.1, 0.15) is 4.83 Å². The molecule has 0 aliphatic carbocycles. The van der Waals surface area contributed by atoms with Gasteiger partial charge in [0.05, 0.1) is 11.7 Å². The third-order valence-corrected chi connectivity index (χ3v) is 3.68. The summed E-state index contributed by atoms with van der Waals surface area (Å²) in [6.07, 6.45) is 1.72. The fraction of sp³-hybridized carbons (Fsp3) is 0. The van der Waals surface area contributed by atoms with E-state index in [1.165, 1.54) is 11.3 Å². The molecule has 3 aromatic rings. The number of H-pyrrole nitrogens is 1. The Hall–Kier alpha value is -1.50. The van der Waals surface area contributed by atoms with Crippen LogP contribution in [0.5, 0.6) is 0 Å². The van der Waals surface area contributed by atoms with Crippen molar-refractivity contribution in [2.24, 2.45) is 0 Å². The molecule has 3 rings (SSSR count). The Morgan fingerprint density at radius 3 is 2.83 bits per heavy atom. The molecule has 2 N–H and O–H groups in total. The number of fused-ring (bicyclic) bond motifs is 1. The van der Waals surface area contributed by atoms with Crippen molar-refractivity contribution in [2.45, 2.75) is 0 Å². The highest BCUT2D eigenvalue weighted by atomic mass is 35.5. The van der Waals surface area contributed by atoms with Crippen LogP contribution in [0.2, 0.25) is 5.02 Å². The maximum atomic E-state index is 5.82. The Balaban J connectivity index is 1.94. The third kappa shape index (κ3) is 2.35. The van der Waals surface area contributed by atoms with Gasteiger partial charge in [0, 0.05) is 10.7 Å². The highest BCUT2D eigenvalue weighted by molar-refractivity contribution is 7.73. The number of aromatic amines is 1. The molecule has 7 heteroatoms. The average molecular weight is 295 g/mol. The quantitative estimate of drug-likeness (QED) is 0.697. The summed E-state index contributed by atoms with van der Waals surface area (Å²) in [5, 5.41) is 3.81. The minimum absolute atomic E-state index is 0.537. The van der Waals surface area contributed by atoms with Gasteiger partial charge < -0.3 is 10.3 Å². The highest BCUT2D eigenvalue weighted by Crippen LogP contribution is 2.20. The topological polar surface area (TPSA) is 53.6 Å². The molecule has 0 fully saturated rings. The van der Waals surface area contributed by atoms with Gasteiger partial charge >= 0.3 is 0 Å². The lowest BCUT2D eigenvalue weighted by atomic mass is 10.3. The zero-order valence-corrected chi connectivity index (χ0v) is 11.4. The number of anilines is 2. The summed E-state index contributed by atoms with van der Waals surface area (Å²) < 4.78 is 0.697. The van der Waals surface area contributed by atoms with Crippen LogP contribution in [-0.4, -0.2) is 15.0 Å². The second-order valence-electron chi connectivity index (χ2n) is 3.56. The second-order valence-corrected chi connectivity index (χ2v) is 5.66. The Bertz CT molecular complexity index is 748. The summed E-state index contributed by atoms with van der Waals surface area (Å²) in [4.78, 5) is 12.5. The van der Waals surface area contributed by atoms with Crippen LogP contribution in [0.1, 0.15) is 0 Å². The smallest absolute Gasteiger partial charge is 0.228 e. The Morgan fingerprint density at radius 1 is 1.28 bits per heavy atom. The molecule has 0 unspecified atom stereocenters. The minimum atomic E-state index is 0.537. The van der Waals surface area contributed by atoms with Crippen LogP contribution >= 0.6 is 35.2 Å². The molecule has 0 amide bonds. The van der Waals surface area contributed by atoms with Crippen LogP contribution in [0.15, 0.2) is 30.5 Å². The number of hydrogen-bond donors (Lipinski definition) is 2. The predicted molar refractivity (Wildman–Crippen MR) is 77.3 cm³/mol. The van der Waals surface area contributed by atoms with Gasteiger partial charge in [-0.15, -0.1) is 0 Å². The van der Waals surface area contributed by atoms with Crippen LogP contribution in [0.25, 0.3) is 10.3 Å². The lowest BCUT2D eigenvalue weighted by molar-refractivity contribution is 1.21. The lowest BCUT2D eigenvalue weighted by Gasteiger charge is -2.03. The van der Waals surface area contributed by atoms with Gasteiger partial charge in [-0.3, -0.25) is 0 Å². The average Bonchev–Trinajstić information content (AvgIpc) is 2.71. The van der Waals surface area contributed by atoms with E-state index in [1.54, 1.807) is 6.20 Å². The van der Waals surface area contributed by atoms with Crippen LogP contribution < -0.4 is 5.32 Å². The summed E-state index contributed by atoms with van der Waals surface area (Å²) in [6, 6.07) is 7.36. The molecule has 1 aromatic carbocycles. The van der Waals surface area contributed by atoms with Gasteiger partial charge in [-0.25, -0.2) is 4.98 Å². The first-order chi connectivity index (χ1) is 8.70. The van der Waals surface area contributed by atoms with Gasteiger partial charge in [-0.05, 0) is 36.5 Å². The van der Waals surface area contributed by atoms with Crippen molar-refractivity contribution < 1.29 is 0 Å². The summed E-state index contributed by atoms with van der Waals surface area (Å²) in [6.45, 7) is 0. The fourth-order valence-corrected chi connectivity index (χ4v) is 2.63. The molecule has 4 nitrogen and oxygen atoms in total. The summed E-state index contributed by atoms with van der Waals surface area (Å²) in [7, 11) is 0. The van der Waals surface area contributed by atoms with Gasteiger partial charge in [-0.1, -0.05) is 22.9 Å². The molecule has 0 saturated carbocycles. The molecule has 0 bridgehead atoms. The SMILES string of the molecule is S=c1[nH]c2cnc(Nc3ccc(Cl)cc3)nc2s1. The predicted octanol–water partition coefficient (Wildman–Crippen LogP) is 4.15. The van der Waals surface area contributed by atoms with Crippen molar-refractivity contribution in [1.29, 1.82) is 0 Å². The van der Waals surface area contributed by atoms with E-state index in [2.05, 4.69) is 20.3 Å². The van der Waals surface area contributed by atoms with Crippen LogP contribution in [-0.2, 0) is 0 Å². The van der Waals surface area contributed by atoms with Gasteiger partial charge in [0.25, 0.3) is 0 Å². The van der Waals surface area contributed by atoms with Crippen LogP contribution in [0, 0.1) is 3.95 Å². The Morgan fingerprint density at radius 2 is 2.06 bits per heavy atom. The van der Waals surface area contributed by atoms with E-state index < -0.39 is 0 Å². The summed E-state index contributed by atoms with van der Waals surface area (Å²) in [5.74, 6) is 0.537. The Kier molecular flexibility index (Phi) is 2.99. The van der Waals surface area contributed by atoms with Crippen LogP contribution in [0.4, 0.5) is 11.6 Å². The van der Waals surface area contributed by atoms with Crippen molar-refractivity contribution in [3.63, 3.8) is 0 Å². The number of aromatic nitrogens is 3. The maximum absolute atomic E-state index is 5.82. The largest absolute Gasteiger partial charge is 0.334 e. The van der Waals surface area contributed by atoms with E-state index in [0.29, 0.717) is 14.9 Å².